The molecule has 0 aliphatic heterocycles. The molecule has 0 spiro atoms. The molecule has 4 aliphatic rings. The number of fused-ring (bicyclic) bond motifs is 5. The van der Waals surface area contributed by atoms with E-state index in [0.717, 1.165) is 18.3 Å². The molecule has 0 bridgehead atoms. The van der Waals surface area contributed by atoms with Crippen molar-refractivity contribution >= 4 is 15.9 Å². The van der Waals surface area contributed by atoms with Gasteiger partial charge < -0.3 is 5.11 Å². The van der Waals surface area contributed by atoms with E-state index in [1.165, 1.54) is 44.9 Å². The average molecular weight is 381 g/mol. The Morgan fingerprint density at radius 3 is 2.83 bits per heavy atom. The van der Waals surface area contributed by atoms with Gasteiger partial charge >= 0.3 is 0 Å². The Hall–Kier alpha value is 0.180. The predicted molar refractivity (Wildman–Crippen MR) is 99.6 cm³/mol. The monoisotopic (exact) mass is 380 g/mol. The molecule has 3 saturated carbocycles. The van der Waals surface area contributed by atoms with Crippen molar-refractivity contribution in [1.82, 2.24) is 0 Å². The number of alkyl halides is 1. The van der Waals surface area contributed by atoms with Crippen molar-refractivity contribution in [1.29, 1.82) is 0 Å². The minimum atomic E-state index is -0.111. The summed E-state index contributed by atoms with van der Waals surface area (Å²) in [5, 5.41) is 11.3. The van der Waals surface area contributed by atoms with Crippen LogP contribution in [0.15, 0.2) is 11.6 Å². The Bertz CT molecular complexity index is 514. The molecule has 0 aromatic carbocycles. The minimum absolute atomic E-state index is 0.111. The molecule has 2 heteroatoms. The number of aliphatic hydroxyl groups excluding tert-OH is 1. The highest BCUT2D eigenvalue weighted by Gasteiger charge is 2.63. The molecule has 0 radical (unpaired) electrons. The van der Waals surface area contributed by atoms with Crippen molar-refractivity contribution in [2.45, 2.75) is 83.1 Å². The summed E-state index contributed by atoms with van der Waals surface area (Å²) in [6, 6.07) is 0. The number of allylic oxidation sites excluding steroid dienone is 2. The molecular weight excluding hydrogens is 348 g/mol. The fourth-order valence-corrected chi connectivity index (χ4v) is 8.60. The molecule has 1 N–H and O–H groups in total. The first kappa shape index (κ1) is 16.6. The van der Waals surface area contributed by atoms with E-state index in [1.54, 1.807) is 5.57 Å². The molecule has 0 saturated heterocycles. The highest BCUT2D eigenvalue weighted by Crippen LogP contribution is 2.67. The number of halogens is 1. The molecule has 0 aromatic rings. The molecule has 130 valence electrons. The molecule has 2 unspecified atom stereocenters. The van der Waals surface area contributed by atoms with Crippen molar-refractivity contribution in [2.75, 3.05) is 0 Å². The van der Waals surface area contributed by atoms with Crippen LogP contribution in [0.3, 0.4) is 0 Å². The molecule has 23 heavy (non-hydrogen) atoms. The Kier molecular flexibility index (Phi) is 4.05. The Morgan fingerprint density at radius 1 is 1.30 bits per heavy atom. The van der Waals surface area contributed by atoms with Gasteiger partial charge in [-0.3, -0.25) is 0 Å². The summed E-state index contributed by atoms with van der Waals surface area (Å²) in [7, 11) is 0. The number of aliphatic hydroxyl groups is 1. The normalized spacial score (nSPS) is 55.6. The van der Waals surface area contributed by atoms with Crippen LogP contribution in [0.1, 0.15) is 72.1 Å². The summed E-state index contributed by atoms with van der Waals surface area (Å²) in [5.74, 6) is 2.77. The molecule has 8 atom stereocenters. The average Bonchev–Trinajstić information content (AvgIpc) is 2.83. The maximum atomic E-state index is 11.3. The molecular formula is C21H33BrO. The molecule has 0 amide bonds. The van der Waals surface area contributed by atoms with Crippen LogP contribution in [0.25, 0.3) is 0 Å². The summed E-state index contributed by atoms with van der Waals surface area (Å²) >= 11 is 4.09. The van der Waals surface area contributed by atoms with E-state index in [4.69, 9.17) is 0 Å². The zero-order valence-corrected chi connectivity index (χ0v) is 16.6. The third-order valence-corrected chi connectivity index (χ3v) is 9.57. The van der Waals surface area contributed by atoms with Crippen molar-refractivity contribution < 1.29 is 5.11 Å². The van der Waals surface area contributed by atoms with Crippen molar-refractivity contribution in [3.05, 3.63) is 11.6 Å². The number of hydrogen-bond donors (Lipinski definition) is 1. The summed E-state index contributed by atoms with van der Waals surface area (Å²) in [6.07, 6.45) is 12.6. The van der Waals surface area contributed by atoms with Gasteiger partial charge in [0.1, 0.15) is 0 Å². The molecule has 4 rings (SSSR count). The quantitative estimate of drug-likeness (QED) is 0.456. The summed E-state index contributed by atoms with van der Waals surface area (Å²) < 4.78 is 0. The van der Waals surface area contributed by atoms with Crippen LogP contribution in [0.2, 0.25) is 0 Å². The van der Waals surface area contributed by atoms with Gasteiger partial charge in [-0.2, -0.15) is 0 Å². The standard InChI is InChI=1S/C21H33BrO/c1-4-13-8-9-15-18-16(22)11-14-7-5-6-10-20(14,2)19(18)17(23)12-21(13,15)3/h7,13,15-19,23H,4-6,8-12H2,1-3H3/t13-,15-,16?,17?,18+,19-,20-,21+/m0/s1. The highest BCUT2D eigenvalue weighted by atomic mass is 79.9. The fraction of sp³-hybridized carbons (Fsp3) is 0.905. The lowest BCUT2D eigenvalue weighted by Gasteiger charge is -2.61. The lowest BCUT2D eigenvalue weighted by atomic mass is 9.46. The minimum Gasteiger partial charge on any atom is -0.393 e. The highest BCUT2D eigenvalue weighted by molar-refractivity contribution is 9.09. The van der Waals surface area contributed by atoms with Gasteiger partial charge in [-0.1, -0.05) is 54.8 Å². The maximum Gasteiger partial charge on any atom is 0.0585 e. The van der Waals surface area contributed by atoms with E-state index in [1.807, 2.05) is 0 Å². The number of hydrogen-bond acceptors (Lipinski definition) is 1. The summed E-state index contributed by atoms with van der Waals surface area (Å²) in [4.78, 5) is 0.569. The van der Waals surface area contributed by atoms with E-state index in [2.05, 4.69) is 42.8 Å². The van der Waals surface area contributed by atoms with Crippen LogP contribution in [-0.2, 0) is 0 Å². The van der Waals surface area contributed by atoms with Crippen molar-refractivity contribution in [3.63, 3.8) is 0 Å². The van der Waals surface area contributed by atoms with Gasteiger partial charge in [0, 0.05) is 4.83 Å². The van der Waals surface area contributed by atoms with Crippen LogP contribution in [0, 0.1) is 34.5 Å². The van der Waals surface area contributed by atoms with E-state index < -0.39 is 0 Å². The van der Waals surface area contributed by atoms with Gasteiger partial charge in [0.25, 0.3) is 0 Å². The lowest BCUT2D eigenvalue weighted by molar-refractivity contribution is -0.125. The van der Waals surface area contributed by atoms with Crippen LogP contribution in [-0.4, -0.2) is 16.0 Å². The SMILES string of the molecule is CC[C@H]1CC[C@H]2[C@@H]3C(Br)CC4=CCCC[C@]4(C)[C@H]3C(O)C[C@]12C. The second kappa shape index (κ2) is 5.59. The van der Waals surface area contributed by atoms with Crippen LogP contribution >= 0.6 is 15.9 Å². The summed E-state index contributed by atoms with van der Waals surface area (Å²) in [5.41, 5.74) is 2.28. The molecule has 4 aliphatic carbocycles. The van der Waals surface area contributed by atoms with E-state index in [0.29, 0.717) is 22.1 Å². The number of rotatable bonds is 1. The Morgan fingerprint density at radius 2 is 2.09 bits per heavy atom. The molecule has 0 heterocycles. The first-order valence-electron chi connectivity index (χ1n) is 9.93. The zero-order valence-electron chi connectivity index (χ0n) is 15.0. The van der Waals surface area contributed by atoms with Gasteiger partial charge in [0.05, 0.1) is 6.10 Å². The predicted octanol–water partition coefficient (Wildman–Crippen LogP) is 5.71. The second-order valence-electron chi connectivity index (χ2n) is 9.43. The topological polar surface area (TPSA) is 20.2 Å². The Balaban J connectivity index is 1.76. The largest absolute Gasteiger partial charge is 0.393 e. The van der Waals surface area contributed by atoms with Gasteiger partial charge in [-0.05, 0) is 79.4 Å². The van der Waals surface area contributed by atoms with E-state index >= 15 is 0 Å². The third kappa shape index (κ3) is 2.19. The van der Waals surface area contributed by atoms with Gasteiger partial charge in [-0.15, -0.1) is 0 Å². The van der Waals surface area contributed by atoms with Gasteiger partial charge in [0.15, 0.2) is 0 Å². The van der Waals surface area contributed by atoms with Gasteiger partial charge in [-0.25, -0.2) is 0 Å². The first-order valence-corrected chi connectivity index (χ1v) is 10.8. The van der Waals surface area contributed by atoms with Gasteiger partial charge in [0.2, 0.25) is 0 Å². The molecule has 0 aromatic heterocycles. The van der Waals surface area contributed by atoms with Crippen molar-refractivity contribution in [2.24, 2.45) is 34.5 Å². The second-order valence-corrected chi connectivity index (χ2v) is 10.6. The third-order valence-electron chi connectivity index (χ3n) is 8.63. The van der Waals surface area contributed by atoms with E-state index in [-0.39, 0.29) is 11.5 Å². The van der Waals surface area contributed by atoms with Crippen molar-refractivity contribution in [3.8, 4) is 0 Å². The summed E-state index contributed by atoms with van der Waals surface area (Å²) in [6.45, 7) is 7.34. The zero-order chi connectivity index (χ0) is 16.4. The smallest absolute Gasteiger partial charge is 0.0585 e. The fourth-order valence-electron chi connectivity index (χ4n) is 7.56. The maximum absolute atomic E-state index is 11.3. The lowest BCUT2D eigenvalue weighted by Crippen LogP contribution is -2.59. The molecule has 3 fully saturated rings. The van der Waals surface area contributed by atoms with Crippen LogP contribution in [0.5, 0.6) is 0 Å². The molecule has 1 nitrogen and oxygen atoms in total. The Labute approximate surface area is 150 Å². The van der Waals surface area contributed by atoms with E-state index in [9.17, 15) is 5.11 Å². The van der Waals surface area contributed by atoms with Crippen LogP contribution in [0.4, 0.5) is 0 Å². The van der Waals surface area contributed by atoms with Crippen LogP contribution < -0.4 is 0 Å². The first-order chi connectivity index (χ1) is 10.9.